The lowest BCUT2D eigenvalue weighted by Gasteiger charge is -2.18. The number of anilines is 2. The minimum absolute atomic E-state index is 0.129. The molecule has 3 rings (SSSR count). The number of halogens is 3. The SMILES string of the molecule is COc1ccc(C(F)(F)F)cc1Nc1ncc(C(=O)N(C)C)c2c(C)cccc12. The molecular weight excluding hydrogens is 383 g/mol. The summed E-state index contributed by atoms with van der Waals surface area (Å²) in [6.07, 6.45) is -3.06. The minimum atomic E-state index is -4.49. The van der Waals surface area contributed by atoms with E-state index < -0.39 is 11.7 Å². The van der Waals surface area contributed by atoms with Crippen LogP contribution in [0.3, 0.4) is 0 Å². The fraction of sp³-hybridized carbons (Fsp3) is 0.238. The van der Waals surface area contributed by atoms with E-state index in [1.165, 1.54) is 24.3 Å². The molecule has 3 aromatic rings. The Hall–Kier alpha value is -3.29. The Labute approximate surface area is 166 Å². The van der Waals surface area contributed by atoms with Gasteiger partial charge in [0.15, 0.2) is 0 Å². The number of carbonyl (C=O) groups excluding carboxylic acids is 1. The predicted octanol–water partition coefficient (Wildman–Crippen LogP) is 5.02. The molecule has 0 saturated carbocycles. The van der Waals surface area contributed by atoms with Crippen molar-refractivity contribution in [2.24, 2.45) is 0 Å². The number of hydrogen-bond acceptors (Lipinski definition) is 4. The van der Waals surface area contributed by atoms with E-state index in [9.17, 15) is 18.0 Å². The standard InChI is InChI=1S/C21H20F3N3O2/c1-12-6-5-7-14-18(12)15(20(28)27(2)3)11-25-19(14)26-16-10-13(21(22,23)24)8-9-17(16)29-4/h5-11H,1-4H3,(H,25,26). The molecular formula is C21H20F3N3O2. The molecule has 0 radical (unpaired) electrons. The van der Waals surface area contributed by atoms with E-state index in [4.69, 9.17) is 4.74 Å². The molecule has 8 heteroatoms. The minimum Gasteiger partial charge on any atom is -0.495 e. The van der Waals surface area contributed by atoms with Crippen molar-refractivity contribution in [1.29, 1.82) is 0 Å². The van der Waals surface area contributed by atoms with Crippen LogP contribution in [0, 0.1) is 6.92 Å². The fourth-order valence-corrected chi connectivity index (χ4v) is 3.10. The van der Waals surface area contributed by atoms with Crippen LogP contribution in [0.25, 0.3) is 10.8 Å². The zero-order chi connectivity index (χ0) is 21.3. The second-order valence-corrected chi connectivity index (χ2v) is 6.76. The number of benzene rings is 2. The molecule has 0 atom stereocenters. The Morgan fingerprint density at radius 1 is 1.17 bits per heavy atom. The van der Waals surface area contributed by atoms with Gasteiger partial charge in [-0.15, -0.1) is 0 Å². The first-order valence-electron chi connectivity index (χ1n) is 8.75. The first-order chi connectivity index (χ1) is 13.6. The highest BCUT2D eigenvalue weighted by atomic mass is 19.4. The number of ether oxygens (including phenoxy) is 1. The molecule has 0 fully saturated rings. The number of nitrogens with zero attached hydrogens (tertiary/aromatic N) is 2. The Morgan fingerprint density at radius 3 is 2.52 bits per heavy atom. The first kappa shape index (κ1) is 20.4. The van der Waals surface area contributed by atoms with Gasteiger partial charge in [0, 0.05) is 31.1 Å². The Morgan fingerprint density at radius 2 is 1.90 bits per heavy atom. The summed E-state index contributed by atoms with van der Waals surface area (Å²) in [6, 6.07) is 8.62. The lowest BCUT2D eigenvalue weighted by Crippen LogP contribution is -2.22. The number of nitrogens with one attached hydrogen (secondary N) is 1. The highest BCUT2D eigenvalue weighted by Gasteiger charge is 2.31. The quantitative estimate of drug-likeness (QED) is 0.665. The smallest absolute Gasteiger partial charge is 0.416 e. The first-order valence-corrected chi connectivity index (χ1v) is 8.75. The average molecular weight is 403 g/mol. The number of rotatable bonds is 4. The summed E-state index contributed by atoms with van der Waals surface area (Å²) in [4.78, 5) is 18.3. The maximum atomic E-state index is 13.1. The van der Waals surface area contributed by atoms with E-state index in [-0.39, 0.29) is 17.3 Å². The molecule has 0 bridgehead atoms. The number of aryl methyl sites for hydroxylation is 1. The normalized spacial score (nSPS) is 11.4. The van der Waals surface area contributed by atoms with Crippen molar-refractivity contribution in [3.8, 4) is 5.75 Å². The van der Waals surface area contributed by atoms with Crippen LogP contribution in [0.4, 0.5) is 24.7 Å². The predicted molar refractivity (Wildman–Crippen MR) is 106 cm³/mol. The number of hydrogen-bond donors (Lipinski definition) is 1. The van der Waals surface area contributed by atoms with Gasteiger partial charge in [-0.3, -0.25) is 4.79 Å². The molecule has 0 spiro atoms. The number of pyridine rings is 1. The van der Waals surface area contributed by atoms with Crippen molar-refractivity contribution in [3.63, 3.8) is 0 Å². The molecule has 5 nitrogen and oxygen atoms in total. The van der Waals surface area contributed by atoms with Gasteiger partial charge >= 0.3 is 6.18 Å². The summed E-state index contributed by atoms with van der Waals surface area (Å²) in [5.41, 5.74) is 0.601. The number of carbonyl (C=O) groups is 1. The zero-order valence-electron chi connectivity index (χ0n) is 16.4. The molecule has 1 amide bonds. The molecule has 29 heavy (non-hydrogen) atoms. The molecule has 2 aromatic carbocycles. The van der Waals surface area contributed by atoms with Crippen molar-refractivity contribution >= 4 is 28.2 Å². The van der Waals surface area contributed by atoms with Crippen molar-refractivity contribution < 1.29 is 22.7 Å². The highest BCUT2D eigenvalue weighted by Crippen LogP contribution is 2.37. The Kier molecular flexibility index (Phi) is 5.37. The van der Waals surface area contributed by atoms with Crippen molar-refractivity contribution in [3.05, 3.63) is 59.3 Å². The third-order valence-electron chi connectivity index (χ3n) is 4.54. The molecule has 0 aliphatic heterocycles. The summed E-state index contributed by atoms with van der Waals surface area (Å²) in [6.45, 7) is 1.86. The van der Waals surface area contributed by atoms with Crippen LogP contribution < -0.4 is 10.1 Å². The summed E-state index contributed by atoms with van der Waals surface area (Å²) < 4.78 is 44.6. The Bertz CT molecular complexity index is 1080. The van der Waals surface area contributed by atoms with Crippen molar-refractivity contribution in [2.45, 2.75) is 13.1 Å². The average Bonchev–Trinajstić information content (AvgIpc) is 2.67. The molecule has 0 aliphatic rings. The van der Waals surface area contributed by atoms with Gasteiger partial charge in [-0.25, -0.2) is 4.98 Å². The van der Waals surface area contributed by atoms with Crippen LogP contribution in [-0.2, 0) is 6.18 Å². The summed E-state index contributed by atoms with van der Waals surface area (Å²) in [5, 5.41) is 4.25. The van der Waals surface area contributed by atoms with Gasteiger partial charge < -0.3 is 15.0 Å². The number of fused-ring (bicyclic) bond motifs is 1. The highest BCUT2D eigenvalue weighted by molar-refractivity contribution is 6.10. The molecule has 152 valence electrons. The topological polar surface area (TPSA) is 54.5 Å². The fourth-order valence-electron chi connectivity index (χ4n) is 3.10. The summed E-state index contributed by atoms with van der Waals surface area (Å²) in [7, 11) is 4.67. The van der Waals surface area contributed by atoms with E-state index in [2.05, 4.69) is 10.3 Å². The number of alkyl halides is 3. The number of methoxy groups -OCH3 is 1. The van der Waals surface area contributed by atoms with Gasteiger partial charge in [0.1, 0.15) is 11.6 Å². The van der Waals surface area contributed by atoms with Gasteiger partial charge in [-0.2, -0.15) is 13.2 Å². The van der Waals surface area contributed by atoms with Gasteiger partial charge in [0.05, 0.1) is 23.9 Å². The zero-order valence-corrected chi connectivity index (χ0v) is 16.4. The van der Waals surface area contributed by atoms with Crippen LogP contribution in [-0.4, -0.2) is 37.0 Å². The van der Waals surface area contributed by atoms with Gasteiger partial charge in [0.25, 0.3) is 5.91 Å². The number of amides is 1. The largest absolute Gasteiger partial charge is 0.495 e. The molecule has 1 aromatic heterocycles. The molecule has 1 heterocycles. The van der Waals surface area contributed by atoms with E-state index >= 15 is 0 Å². The van der Waals surface area contributed by atoms with Crippen molar-refractivity contribution in [2.75, 3.05) is 26.5 Å². The molecule has 1 N–H and O–H groups in total. The third-order valence-corrected chi connectivity index (χ3v) is 4.54. The van der Waals surface area contributed by atoms with Gasteiger partial charge in [0.2, 0.25) is 0 Å². The molecule has 0 saturated heterocycles. The summed E-state index contributed by atoms with van der Waals surface area (Å²) in [5.74, 6) is 0.366. The van der Waals surface area contributed by atoms with E-state index in [1.807, 2.05) is 13.0 Å². The van der Waals surface area contributed by atoms with Crippen LogP contribution in [0.2, 0.25) is 0 Å². The molecule has 0 unspecified atom stereocenters. The van der Waals surface area contributed by atoms with Crippen LogP contribution >= 0.6 is 0 Å². The Balaban J connectivity index is 2.17. The maximum Gasteiger partial charge on any atom is 0.416 e. The van der Waals surface area contributed by atoms with Crippen molar-refractivity contribution in [1.82, 2.24) is 9.88 Å². The van der Waals surface area contributed by atoms with Gasteiger partial charge in [-0.05, 0) is 30.7 Å². The monoisotopic (exact) mass is 403 g/mol. The van der Waals surface area contributed by atoms with Crippen LogP contribution in [0.15, 0.2) is 42.6 Å². The maximum absolute atomic E-state index is 13.1. The number of aromatic nitrogens is 1. The van der Waals surface area contributed by atoms with E-state index in [1.54, 1.807) is 26.2 Å². The van der Waals surface area contributed by atoms with Crippen LogP contribution in [0.5, 0.6) is 5.75 Å². The summed E-state index contributed by atoms with van der Waals surface area (Å²) >= 11 is 0. The lowest BCUT2D eigenvalue weighted by atomic mass is 10.0. The third kappa shape index (κ3) is 3.96. The lowest BCUT2D eigenvalue weighted by molar-refractivity contribution is -0.137. The molecule has 0 aliphatic carbocycles. The second kappa shape index (κ2) is 7.62. The van der Waals surface area contributed by atoms with Gasteiger partial charge in [-0.1, -0.05) is 18.2 Å². The second-order valence-electron chi connectivity index (χ2n) is 6.76. The van der Waals surface area contributed by atoms with E-state index in [0.717, 1.165) is 17.7 Å². The van der Waals surface area contributed by atoms with E-state index in [0.29, 0.717) is 22.2 Å². The van der Waals surface area contributed by atoms with Crippen LogP contribution in [0.1, 0.15) is 21.5 Å².